The van der Waals surface area contributed by atoms with Crippen molar-refractivity contribution < 1.29 is 14.3 Å². The molecule has 0 spiro atoms. The molecule has 1 aromatic heterocycles. The van der Waals surface area contributed by atoms with Crippen molar-refractivity contribution in [1.82, 2.24) is 0 Å². The molecule has 0 aliphatic carbocycles. The quantitative estimate of drug-likeness (QED) is 0.758. The zero-order valence-corrected chi connectivity index (χ0v) is 13.9. The number of carbonyl (C=O) groups is 2. The van der Waals surface area contributed by atoms with Crippen molar-refractivity contribution in [2.75, 3.05) is 11.9 Å². The summed E-state index contributed by atoms with van der Waals surface area (Å²) < 4.78 is 5.05. The van der Waals surface area contributed by atoms with Gasteiger partial charge in [-0.2, -0.15) is 0 Å². The minimum absolute atomic E-state index is 0.254. The van der Waals surface area contributed by atoms with E-state index >= 15 is 0 Å². The number of ether oxygens (including phenoxy) is 1. The van der Waals surface area contributed by atoms with E-state index in [0.29, 0.717) is 23.6 Å². The van der Waals surface area contributed by atoms with Gasteiger partial charge in [0.15, 0.2) is 0 Å². The van der Waals surface area contributed by atoms with Crippen LogP contribution < -0.4 is 11.1 Å². The Balaban J connectivity index is 2.90. The summed E-state index contributed by atoms with van der Waals surface area (Å²) in [6.45, 7) is 7.87. The molecule has 0 aromatic carbocycles. The third-order valence-corrected chi connectivity index (χ3v) is 4.43. The summed E-state index contributed by atoms with van der Waals surface area (Å²) >= 11 is 1.38. The number of anilines is 1. The van der Waals surface area contributed by atoms with Crippen LogP contribution in [0.5, 0.6) is 0 Å². The SMILES string of the molecule is CCCCC(N)C(=O)Nc1sc(C)c(C)c1C(=O)OCC. The highest BCUT2D eigenvalue weighted by molar-refractivity contribution is 7.16. The third-order valence-electron chi connectivity index (χ3n) is 3.31. The van der Waals surface area contributed by atoms with Crippen LogP contribution in [-0.4, -0.2) is 24.5 Å². The lowest BCUT2D eigenvalue weighted by atomic mass is 10.1. The van der Waals surface area contributed by atoms with Crippen molar-refractivity contribution >= 4 is 28.2 Å². The van der Waals surface area contributed by atoms with Gasteiger partial charge < -0.3 is 15.8 Å². The number of hydrogen-bond acceptors (Lipinski definition) is 5. The summed E-state index contributed by atoms with van der Waals surface area (Å²) in [5, 5.41) is 3.30. The number of unbranched alkanes of at least 4 members (excludes halogenated alkanes) is 1. The van der Waals surface area contributed by atoms with Gasteiger partial charge in [0.2, 0.25) is 5.91 Å². The Morgan fingerprint density at radius 1 is 1.33 bits per heavy atom. The molecule has 21 heavy (non-hydrogen) atoms. The number of hydrogen-bond donors (Lipinski definition) is 2. The number of carbonyl (C=O) groups excluding carboxylic acids is 2. The molecular formula is C15H24N2O3S. The summed E-state index contributed by atoms with van der Waals surface area (Å²) in [4.78, 5) is 25.1. The number of thiophene rings is 1. The standard InChI is InChI=1S/C15H24N2O3S/c1-5-7-8-11(16)13(18)17-14-12(15(19)20-6-2)9(3)10(4)21-14/h11H,5-8,16H2,1-4H3,(H,17,18). The van der Waals surface area contributed by atoms with Gasteiger partial charge in [-0.25, -0.2) is 4.79 Å². The van der Waals surface area contributed by atoms with Gasteiger partial charge in [0.05, 0.1) is 18.2 Å². The molecule has 0 saturated carbocycles. The molecule has 0 aliphatic rings. The number of esters is 1. The van der Waals surface area contributed by atoms with E-state index in [4.69, 9.17) is 10.5 Å². The molecule has 118 valence electrons. The topological polar surface area (TPSA) is 81.4 Å². The molecule has 5 nitrogen and oxygen atoms in total. The van der Waals surface area contributed by atoms with Gasteiger partial charge in [0.1, 0.15) is 5.00 Å². The minimum Gasteiger partial charge on any atom is -0.462 e. The van der Waals surface area contributed by atoms with Crippen molar-refractivity contribution in [2.24, 2.45) is 5.73 Å². The second-order valence-corrected chi connectivity index (χ2v) is 6.17. The third kappa shape index (κ3) is 4.54. The molecule has 0 fully saturated rings. The van der Waals surface area contributed by atoms with Crippen molar-refractivity contribution in [2.45, 2.75) is 53.0 Å². The summed E-state index contributed by atoms with van der Waals surface area (Å²) in [7, 11) is 0. The fourth-order valence-electron chi connectivity index (χ4n) is 1.92. The molecule has 0 aliphatic heterocycles. The molecule has 1 unspecified atom stereocenters. The second kappa shape index (κ2) is 8.14. The fraction of sp³-hybridized carbons (Fsp3) is 0.600. The number of rotatable bonds is 7. The van der Waals surface area contributed by atoms with Crippen LogP contribution in [0.3, 0.4) is 0 Å². The fourth-order valence-corrected chi connectivity index (χ4v) is 2.98. The Kier molecular flexibility index (Phi) is 6.84. The number of amides is 1. The van der Waals surface area contributed by atoms with Crippen LogP contribution in [-0.2, 0) is 9.53 Å². The molecule has 1 rings (SSSR count). The second-order valence-electron chi connectivity index (χ2n) is 4.95. The number of nitrogens with one attached hydrogen (secondary N) is 1. The predicted molar refractivity (Wildman–Crippen MR) is 85.9 cm³/mol. The Hall–Kier alpha value is -1.40. The highest BCUT2D eigenvalue weighted by Gasteiger charge is 2.23. The Morgan fingerprint density at radius 2 is 2.00 bits per heavy atom. The van der Waals surface area contributed by atoms with Crippen molar-refractivity contribution in [3.8, 4) is 0 Å². The maximum atomic E-state index is 12.1. The van der Waals surface area contributed by atoms with Crippen LogP contribution in [0, 0.1) is 13.8 Å². The Bertz CT molecular complexity index is 511. The lowest BCUT2D eigenvalue weighted by Gasteiger charge is -2.12. The molecule has 6 heteroatoms. The largest absolute Gasteiger partial charge is 0.462 e. The van der Waals surface area contributed by atoms with E-state index in [1.807, 2.05) is 13.8 Å². The van der Waals surface area contributed by atoms with Gasteiger partial charge in [-0.15, -0.1) is 11.3 Å². The molecule has 0 radical (unpaired) electrons. The Morgan fingerprint density at radius 3 is 2.57 bits per heavy atom. The molecule has 1 atom stereocenters. The van der Waals surface area contributed by atoms with Crippen LogP contribution >= 0.6 is 11.3 Å². The van der Waals surface area contributed by atoms with E-state index in [1.165, 1.54) is 11.3 Å². The lowest BCUT2D eigenvalue weighted by molar-refractivity contribution is -0.117. The van der Waals surface area contributed by atoms with Gasteiger partial charge in [-0.1, -0.05) is 19.8 Å². The molecule has 0 saturated heterocycles. The number of aryl methyl sites for hydroxylation is 1. The summed E-state index contributed by atoms with van der Waals surface area (Å²) in [5.74, 6) is -0.660. The molecule has 0 bridgehead atoms. The van der Waals surface area contributed by atoms with Crippen LogP contribution in [0.1, 0.15) is 53.9 Å². The summed E-state index contributed by atoms with van der Waals surface area (Å²) in [6, 6.07) is -0.553. The molecular weight excluding hydrogens is 288 g/mol. The smallest absolute Gasteiger partial charge is 0.341 e. The van der Waals surface area contributed by atoms with E-state index < -0.39 is 12.0 Å². The first kappa shape index (κ1) is 17.7. The highest BCUT2D eigenvalue weighted by atomic mass is 32.1. The summed E-state index contributed by atoms with van der Waals surface area (Å²) in [6.07, 6.45) is 2.54. The van der Waals surface area contributed by atoms with Crippen molar-refractivity contribution in [3.63, 3.8) is 0 Å². The molecule has 3 N–H and O–H groups in total. The zero-order valence-electron chi connectivity index (χ0n) is 13.1. The van der Waals surface area contributed by atoms with Crippen LogP contribution in [0.4, 0.5) is 5.00 Å². The van der Waals surface area contributed by atoms with Crippen LogP contribution in [0.25, 0.3) is 0 Å². The first-order chi connectivity index (χ1) is 9.92. The van der Waals surface area contributed by atoms with Gasteiger partial charge in [-0.05, 0) is 32.8 Å². The first-order valence-corrected chi connectivity index (χ1v) is 8.07. The summed E-state index contributed by atoms with van der Waals surface area (Å²) in [5.41, 5.74) is 7.14. The van der Waals surface area contributed by atoms with Crippen LogP contribution in [0.2, 0.25) is 0 Å². The van der Waals surface area contributed by atoms with Crippen molar-refractivity contribution in [3.05, 3.63) is 16.0 Å². The van der Waals surface area contributed by atoms with E-state index in [0.717, 1.165) is 23.3 Å². The lowest BCUT2D eigenvalue weighted by Crippen LogP contribution is -2.35. The van der Waals surface area contributed by atoms with E-state index in [-0.39, 0.29) is 5.91 Å². The van der Waals surface area contributed by atoms with Gasteiger partial charge >= 0.3 is 5.97 Å². The minimum atomic E-state index is -0.553. The molecule has 1 aromatic rings. The van der Waals surface area contributed by atoms with Crippen LogP contribution in [0.15, 0.2) is 0 Å². The predicted octanol–water partition coefficient (Wildman–Crippen LogP) is 3.00. The average molecular weight is 312 g/mol. The zero-order chi connectivity index (χ0) is 16.0. The van der Waals surface area contributed by atoms with Gasteiger partial charge in [0, 0.05) is 4.88 Å². The maximum Gasteiger partial charge on any atom is 0.341 e. The first-order valence-electron chi connectivity index (χ1n) is 7.25. The maximum absolute atomic E-state index is 12.1. The molecule has 1 heterocycles. The van der Waals surface area contributed by atoms with Crippen molar-refractivity contribution in [1.29, 1.82) is 0 Å². The normalized spacial score (nSPS) is 12.0. The highest BCUT2D eigenvalue weighted by Crippen LogP contribution is 2.33. The van der Waals surface area contributed by atoms with E-state index in [9.17, 15) is 9.59 Å². The van der Waals surface area contributed by atoms with Gasteiger partial charge in [0.25, 0.3) is 0 Å². The average Bonchev–Trinajstić information content (AvgIpc) is 2.71. The Labute approximate surface area is 129 Å². The van der Waals surface area contributed by atoms with Gasteiger partial charge in [-0.3, -0.25) is 4.79 Å². The molecule has 1 amide bonds. The monoisotopic (exact) mass is 312 g/mol. The number of nitrogens with two attached hydrogens (primary N) is 1. The van der Waals surface area contributed by atoms with E-state index in [2.05, 4.69) is 12.2 Å². The van der Waals surface area contributed by atoms with E-state index in [1.54, 1.807) is 6.92 Å².